The Balaban J connectivity index is 1.81. The lowest BCUT2D eigenvalue weighted by molar-refractivity contribution is -0.123. The van der Waals surface area contributed by atoms with Gasteiger partial charge in [-0.05, 0) is 30.5 Å². The van der Waals surface area contributed by atoms with Gasteiger partial charge in [0.2, 0.25) is 0 Å². The lowest BCUT2D eigenvalue weighted by atomic mass is 10.1. The molecule has 1 aromatic rings. The van der Waals surface area contributed by atoms with Crippen molar-refractivity contribution in [1.82, 2.24) is 10.6 Å². The van der Waals surface area contributed by atoms with Gasteiger partial charge < -0.3 is 10.1 Å². The maximum absolute atomic E-state index is 12.0. The van der Waals surface area contributed by atoms with E-state index < -0.39 is 34.4 Å². The lowest BCUT2D eigenvalue weighted by Gasteiger charge is -2.12. The minimum absolute atomic E-state index is 0.0722. The van der Waals surface area contributed by atoms with Gasteiger partial charge in [-0.1, -0.05) is 25.0 Å². The molecule has 0 spiro atoms. The molecule has 1 fully saturated rings. The quantitative estimate of drug-likeness (QED) is 0.713. The van der Waals surface area contributed by atoms with Crippen LogP contribution in [0.3, 0.4) is 0 Å². The maximum Gasteiger partial charge on any atom is 0.338 e. The van der Waals surface area contributed by atoms with E-state index in [-0.39, 0.29) is 17.4 Å². The summed E-state index contributed by atoms with van der Waals surface area (Å²) < 4.78 is 27.5. The molecule has 3 amide bonds. The Kier molecular flexibility index (Phi) is 6.73. The predicted octanol–water partition coefficient (Wildman–Crippen LogP) is 1.16. The van der Waals surface area contributed by atoms with E-state index in [1.165, 1.54) is 18.2 Å². The third kappa shape index (κ3) is 6.83. The van der Waals surface area contributed by atoms with Crippen molar-refractivity contribution in [3.63, 3.8) is 0 Å². The zero-order valence-electron chi connectivity index (χ0n) is 14.5. The van der Waals surface area contributed by atoms with Gasteiger partial charge >= 0.3 is 12.0 Å². The monoisotopic (exact) mass is 382 g/mol. The van der Waals surface area contributed by atoms with Crippen LogP contribution in [-0.2, 0) is 25.1 Å². The van der Waals surface area contributed by atoms with Crippen molar-refractivity contribution in [1.29, 1.82) is 0 Å². The number of sulfone groups is 1. The number of benzene rings is 1. The average molecular weight is 382 g/mol. The van der Waals surface area contributed by atoms with Crippen LogP contribution in [0.5, 0.6) is 0 Å². The molecule has 1 aliphatic rings. The highest BCUT2D eigenvalue weighted by atomic mass is 32.2. The fraction of sp³-hybridized carbons (Fsp3) is 0.471. The highest BCUT2D eigenvalue weighted by Crippen LogP contribution is 2.17. The van der Waals surface area contributed by atoms with E-state index in [9.17, 15) is 22.8 Å². The predicted molar refractivity (Wildman–Crippen MR) is 94.2 cm³/mol. The Bertz CT molecular complexity index is 784. The SMILES string of the molecule is CS(=O)(=O)Cc1cccc(C(=O)OCC(=O)NC(=O)NC2CCCC2)c1. The minimum atomic E-state index is -3.23. The number of hydrogen-bond acceptors (Lipinski definition) is 6. The number of amides is 3. The summed E-state index contributed by atoms with van der Waals surface area (Å²) in [6, 6.07) is 5.44. The molecular formula is C17H22N2O6S. The zero-order chi connectivity index (χ0) is 19.2. The number of esters is 1. The summed E-state index contributed by atoms with van der Waals surface area (Å²) in [5, 5.41) is 4.80. The molecular weight excluding hydrogens is 360 g/mol. The molecule has 0 aromatic heterocycles. The molecule has 0 unspecified atom stereocenters. The van der Waals surface area contributed by atoms with E-state index in [2.05, 4.69) is 10.6 Å². The number of ether oxygens (including phenoxy) is 1. The number of urea groups is 1. The summed E-state index contributed by atoms with van der Waals surface area (Å²) >= 11 is 0. The molecule has 0 aliphatic heterocycles. The summed E-state index contributed by atoms with van der Waals surface area (Å²) in [4.78, 5) is 35.3. The minimum Gasteiger partial charge on any atom is -0.452 e. The van der Waals surface area contributed by atoms with E-state index in [1.807, 2.05) is 0 Å². The van der Waals surface area contributed by atoms with Crippen LogP contribution in [0.1, 0.15) is 41.6 Å². The smallest absolute Gasteiger partial charge is 0.338 e. The third-order valence-corrected chi connectivity index (χ3v) is 4.73. The topological polar surface area (TPSA) is 119 Å². The van der Waals surface area contributed by atoms with Gasteiger partial charge in [0.05, 0.1) is 11.3 Å². The van der Waals surface area contributed by atoms with Crippen molar-refractivity contribution in [2.24, 2.45) is 0 Å². The Morgan fingerprint density at radius 2 is 1.88 bits per heavy atom. The first-order chi connectivity index (χ1) is 12.2. The fourth-order valence-electron chi connectivity index (χ4n) is 2.76. The molecule has 1 aliphatic carbocycles. The molecule has 0 atom stereocenters. The number of imide groups is 1. The largest absolute Gasteiger partial charge is 0.452 e. The molecule has 9 heteroatoms. The molecule has 0 saturated heterocycles. The van der Waals surface area contributed by atoms with Crippen LogP contribution >= 0.6 is 0 Å². The van der Waals surface area contributed by atoms with Crippen LogP contribution in [-0.4, -0.2) is 45.2 Å². The van der Waals surface area contributed by atoms with Gasteiger partial charge in [-0.25, -0.2) is 18.0 Å². The summed E-state index contributed by atoms with van der Waals surface area (Å²) in [5.74, 6) is -1.71. The normalized spacial score (nSPS) is 14.7. The van der Waals surface area contributed by atoms with Crippen molar-refractivity contribution in [2.45, 2.75) is 37.5 Å². The highest BCUT2D eigenvalue weighted by Gasteiger charge is 2.19. The molecule has 0 radical (unpaired) electrons. The summed E-state index contributed by atoms with van der Waals surface area (Å²) in [6.45, 7) is -0.604. The van der Waals surface area contributed by atoms with Gasteiger partial charge in [0.1, 0.15) is 0 Å². The lowest BCUT2D eigenvalue weighted by Crippen LogP contribution is -2.44. The van der Waals surface area contributed by atoms with Crippen LogP contribution < -0.4 is 10.6 Å². The highest BCUT2D eigenvalue weighted by molar-refractivity contribution is 7.89. The summed E-state index contributed by atoms with van der Waals surface area (Å²) in [7, 11) is -3.23. The number of rotatable bonds is 6. The molecule has 1 aromatic carbocycles. The van der Waals surface area contributed by atoms with Crippen LogP contribution in [0.15, 0.2) is 24.3 Å². The van der Waals surface area contributed by atoms with Gasteiger partial charge in [0.25, 0.3) is 5.91 Å². The second-order valence-corrected chi connectivity index (χ2v) is 8.49. The maximum atomic E-state index is 12.0. The van der Waals surface area contributed by atoms with Gasteiger partial charge in [0.15, 0.2) is 16.4 Å². The Labute approximate surface area is 152 Å². The first-order valence-electron chi connectivity index (χ1n) is 8.27. The zero-order valence-corrected chi connectivity index (χ0v) is 15.3. The molecule has 26 heavy (non-hydrogen) atoms. The number of carbonyl (C=O) groups excluding carboxylic acids is 3. The molecule has 0 bridgehead atoms. The van der Waals surface area contributed by atoms with Crippen LogP contribution in [0.4, 0.5) is 4.79 Å². The Morgan fingerprint density at radius 3 is 2.54 bits per heavy atom. The standard InChI is InChI=1S/C17H22N2O6S/c1-26(23,24)11-12-5-4-6-13(9-12)16(21)25-10-15(20)19-17(22)18-14-7-2-3-8-14/h4-6,9,14H,2-3,7-8,10-11H2,1H3,(H2,18,19,20,22). The van der Waals surface area contributed by atoms with Crippen molar-refractivity contribution in [2.75, 3.05) is 12.9 Å². The fourth-order valence-corrected chi connectivity index (χ4v) is 3.54. The van der Waals surface area contributed by atoms with E-state index in [4.69, 9.17) is 4.74 Å². The number of hydrogen-bond donors (Lipinski definition) is 2. The van der Waals surface area contributed by atoms with Crippen molar-refractivity contribution in [3.8, 4) is 0 Å². The molecule has 1 saturated carbocycles. The molecule has 8 nitrogen and oxygen atoms in total. The van der Waals surface area contributed by atoms with Crippen LogP contribution in [0.25, 0.3) is 0 Å². The Hall–Kier alpha value is -2.42. The van der Waals surface area contributed by atoms with E-state index in [0.717, 1.165) is 31.9 Å². The van der Waals surface area contributed by atoms with E-state index in [0.29, 0.717) is 5.56 Å². The van der Waals surface area contributed by atoms with E-state index >= 15 is 0 Å². The molecule has 2 N–H and O–H groups in total. The Morgan fingerprint density at radius 1 is 1.19 bits per heavy atom. The average Bonchev–Trinajstić information content (AvgIpc) is 3.04. The van der Waals surface area contributed by atoms with Crippen molar-refractivity contribution < 1.29 is 27.5 Å². The van der Waals surface area contributed by atoms with Gasteiger partial charge in [-0.15, -0.1) is 0 Å². The molecule has 0 heterocycles. The first-order valence-corrected chi connectivity index (χ1v) is 10.3. The third-order valence-electron chi connectivity index (χ3n) is 3.87. The second-order valence-electron chi connectivity index (χ2n) is 6.35. The number of carbonyl (C=O) groups is 3. The van der Waals surface area contributed by atoms with Crippen LogP contribution in [0.2, 0.25) is 0 Å². The van der Waals surface area contributed by atoms with Crippen molar-refractivity contribution in [3.05, 3.63) is 35.4 Å². The number of nitrogens with one attached hydrogen (secondary N) is 2. The van der Waals surface area contributed by atoms with Gasteiger partial charge in [0, 0.05) is 12.3 Å². The van der Waals surface area contributed by atoms with Crippen molar-refractivity contribution >= 4 is 27.7 Å². The molecule has 142 valence electrons. The van der Waals surface area contributed by atoms with Crippen LogP contribution in [0, 0.1) is 0 Å². The van der Waals surface area contributed by atoms with E-state index in [1.54, 1.807) is 6.07 Å². The second kappa shape index (κ2) is 8.79. The summed E-state index contributed by atoms with van der Waals surface area (Å²) in [5.41, 5.74) is 0.580. The molecule has 2 rings (SSSR count). The van der Waals surface area contributed by atoms with Gasteiger partial charge in [-0.2, -0.15) is 0 Å². The van der Waals surface area contributed by atoms with Gasteiger partial charge in [-0.3, -0.25) is 10.1 Å². The first kappa shape index (κ1) is 19.9. The summed E-state index contributed by atoms with van der Waals surface area (Å²) in [6.07, 6.45) is 4.98.